The first-order valence-electron chi connectivity index (χ1n) is 7.03. The van der Waals surface area contributed by atoms with Gasteiger partial charge in [-0.05, 0) is 44.9 Å². The zero-order valence-electron chi connectivity index (χ0n) is 12.7. The summed E-state index contributed by atoms with van der Waals surface area (Å²) in [5.41, 5.74) is 2.36. The van der Waals surface area contributed by atoms with Crippen LogP contribution in [-0.4, -0.2) is 35.1 Å². The lowest BCUT2D eigenvalue weighted by atomic mass is 10.0. The maximum absolute atomic E-state index is 12.7. The molecule has 0 heterocycles. The first-order valence-corrected chi connectivity index (χ1v) is 7.03. The second-order valence-corrected chi connectivity index (χ2v) is 5.03. The third kappa shape index (κ3) is 3.85. The van der Waals surface area contributed by atoms with Crippen LogP contribution in [0.4, 0.5) is 0 Å². The molecule has 0 spiro atoms. The Morgan fingerprint density at radius 1 is 1.40 bits per heavy atom. The summed E-state index contributed by atoms with van der Waals surface area (Å²) in [4.78, 5) is 14.5. The number of benzene rings is 1. The highest BCUT2D eigenvalue weighted by Crippen LogP contribution is 2.17. The van der Waals surface area contributed by atoms with E-state index in [-0.39, 0.29) is 18.6 Å². The van der Waals surface area contributed by atoms with Crippen molar-refractivity contribution in [2.75, 3.05) is 13.2 Å². The van der Waals surface area contributed by atoms with Gasteiger partial charge in [0.05, 0.1) is 0 Å². The summed E-state index contributed by atoms with van der Waals surface area (Å²) >= 11 is 0. The second-order valence-electron chi connectivity index (χ2n) is 5.03. The predicted octanol–water partition coefficient (Wildman–Crippen LogP) is 2.60. The van der Waals surface area contributed by atoms with Crippen molar-refractivity contribution in [3.05, 3.63) is 34.9 Å². The number of carbonyl (C=O) groups is 1. The van der Waals surface area contributed by atoms with Crippen LogP contribution in [0.1, 0.15) is 48.7 Å². The van der Waals surface area contributed by atoms with Crippen molar-refractivity contribution in [2.45, 2.75) is 40.2 Å². The summed E-state index contributed by atoms with van der Waals surface area (Å²) in [5, 5.41) is 8.78. The minimum Gasteiger partial charge on any atom is -0.384 e. The van der Waals surface area contributed by atoms with Gasteiger partial charge in [-0.3, -0.25) is 4.79 Å². The SMILES string of the molecule is CCCN(C(=O)c1cccc(C#CCO)c1C)C(C)C. The number of hydrogen-bond donors (Lipinski definition) is 1. The van der Waals surface area contributed by atoms with E-state index >= 15 is 0 Å². The topological polar surface area (TPSA) is 40.5 Å². The van der Waals surface area contributed by atoms with Crippen LogP contribution in [0.25, 0.3) is 0 Å². The van der Waals surface area contributed by atoms with Gasteiger partial charge in [-0.25, -0.2) is 0 Å². The summed E-state index contributed by atoms with van der Waals surface area (Å²) in [6.45, 7) is 8.60. The first-order chi connectivity index (χ1) is 9.52. The van der Waals surface area contributed by atoms with Gasteiger partial charge >= 0.3 is 0 Å². The highest BCUT2D eigenvalue weighted by Gasteiger charge is 2.20. The van der Waals surface area contributed by atoms with Crippen molar-refractivity contribution in [2.24, 2.45) is 0 Å². The van der Waals surface area contributed by atoms with E-state index in [1.165, 1.54) is 0 Å². The molecule has 108 valence electrons. The fourth-order valence-electron chi connectivity index (χ4n) is 2.13. The molecule has 1 rings (SSSR count). The molecular weight excluding hydrogens is 250 g/mol. The Balaban J connectivity index is 3.15. The van der Waals surface area contributed by atoms with Crippen LogP contribution in [0.3, 0.4) is 0 Å². The Morgan fingerprint density at radius 2 is 2.10 bits per heavy atom. The molecule has 0 saturated carbocycles. The number of hydrogen-bond acceptors (Lipinski definition) is 2. The van der Waals surface area contributed by atoms with E-state index in [0.29, 0.717) is 5.56 Å². The maximum Gasteiger partial charge on any atom is 0.254 e. The van der Waals surface area contributed by atoms with E-state index in [1.807, 2.05) is 43.9 Å². The number of nitrogens with zero attached hydrogens (tertiary/aromatic N) is 1. The second kappa shape index (κ2) is 7.72. The van der Waals surface area contributed by atoms with Crippen LogP contribution in [0.2, 0.25) is 0 Å². The van der Waals surface area contributed by atoms with Crippen molar-refractivity contribution < 1.29 is 9.90 Å². The molecule has 1 aromatic rings. The summed E-state index contributed by atoms with van der Waals surface area (Å²) < 4.78 is 0. The third-order valence-corrected chi connectivity index (χ3v) is 3.22. The Bertz CT molecular complexity index is 524. The van der Waals surface area contributed by atoms with E-state index in [4.69, 9.17) is 5.11 Å². The summed E-state index contributed by atoms with van der Waals surface area (Å²) in [6.07, 6.45) is 0.937. The van der Waals surface area contributed by atoms with Gasteiger partial charge in [0.15, 0.2) is 0 Å². The molecule has 0 aliphatic rings. The molecule has 3 nitrogen and oxygen atoms in total. The molecule has 0 atom stereocenters. The number of aliphatic hydroxyl groups is 1. The standard InChI is InChI=1S/C17H23NO2/c1-5-11-18(13(2)3)17(20)16-10-6-8-15(14(16)4)9-7-12-19/h6,8,10,13,19H,5,11-12H2,1-4H3. The largest absolute Gasteiger partial charge is 0.384 e. The highest BCUT2D eigenvalue weighted by atomic mass is 16.2. The van der Waals surface area contributed by atoms with Gasteiger partial charge in [-0.15, -0.1) is 0 Å². The van der Waals surface area contributed by atoms with Crippen molar-refractivity contribution in [1.29, 1.82) is 0 Å². The van der Waals surface area contributed by atoms with Gasteiger partial charge in [-0.2, -0.15) is 0 Å². The van der Waals surface area contributed by atoms with E-state index in [9.17, 15) is 4.79 Å². The molecule has 1 aromatic carbocycles. The number of rotatable bonds is 4. The van der Waals surface area contributed by atoms with E-state index in [1.54, 1.807) is 0 Å². The summed E-state index contributed by atoms with van der Waals surface area (Å²) in [7, 11) is 0. The minimum atomic E-state index is -0.175. The molecule has 1 amide bonds. The van der Waals surface area contributed by atoms with E-state index < -0.39 is 0 Å². The quantitative estimate of drug-likeness (QED) is 0.857. The molecule has 0 aliphatic heterocycles. The van der Waals surface area contributed by atoms with E-state index in [0.717, 1.165) is 24.1 Å². The van der Waals surface area contributed by atoms with E-state index in [2.05, 4.69) is 18.8 Å². The zero-order chi connectivity index (χ0) is 15.1. The smallest absolute Gasteiger partial charge is 0.254 e. The maximum atomic E-state index is 12.7. The molecule has 0 radical (unpaired) electrons. The van der Waals surface area contributed by atoms with Crippen LogP contribution in [-0.2, 0) is 0 Å². The van der Waals surface area contributed by atoms with Crippen LogP contribution < -0.4 is 0 Å². The molecule has 0 unspecified atom stereocenters. The van der Waals surface area contributed by atoms with Gasteiger partial charge < -0.3 is 10.0 Å². The fraction of sp³-hybridized carbons (Fsp3) is 0.471. The number of amides is 1. The molecule has 0 aliphatic carbocycles. The summed E-state index contributed by atoms with van der Waals surface area (Å²) in [6, 6.07) is 5.72. The third-order valence-electron chi connectivity index (χ3n) is 3.22. The van der Waals surface area contributed by atoms with Crippen LogP contribution in [0.15, 0.2) is 18.2 Å². The minimum absolute atomic E-state index is 0.0481. The molecular formula is C17H23NO2. The van der Waals surface area contributed by atoms with Gasteiger partial charge in [-0.1, -0.05) is 24.8 Å². The number of aliphatic hydroxyl groups excluding tert-OH is 1. The zero-order valence-corrected chi connectivity index (χ0v) is 12.7. The Kier molecular flexibility index (Phi) is 6.27. The average Bonchev–Trinajstić information content (AvgIpc) is 2.42. The Labute approximate surface area is 121 Å². The predicted molar refractivity (Wildman–Crippen MR) is 81.6 cm³/mol. The molecule has 0 bridgehead atoms. The molecule has 3 heteroatoms. The van der Waals surface area contributed by atoms with Crippen molar-refractivity contribution in [1.82, 2.24) is 4.90 Å². The average molecular weight is 273 g/mol. The lowest BCUT2D eigenvalue weighted by molar-refractivity contribution is 0.0705. The normalized spacial score (nSPS) is 10.1. The first kappa shape index (κ1) is 16.3. The molecule has 0 saturated heterocycles. The van der Waals surface area contributed by atoms with Gasteiger partial charge in [0.25, 0.3) is 5.91 Å². The lowest BCUT2D eigenvalue weighted by Crippen LogP contribution is -2.37. The highest BCUT2D eigenvalue weighted by molar-refractivity contribution is 5.96. The van der Waals surface area contributed by atoms with Crippen LogP contribution >= 0.6 is 0 Å². The van der Waals surface area contributed by atoms with Gasteiger partial charge in [0.2, 0.25) is 0 Å². The fourth-order valence-corrected chi connectivity index (χ4v) is 2.13. The Hall–Kier alpha value is -1.79. The monoisotopic (exact) mass is 273 g/mol. The summed E-state index contributed by atoms with van der Waals surface area (Å²) in [5.74, 6) is 5.56. The van der Waals surface area contributed by atoms with Crippen molar-refractivity contribution >= 4 is 5.91 Å². The molecule has 20 heavy (non-hydrogen) atoms. The van der Waals surface area contributed by atoms with Gasteiger partial charge in [0, 0.05) is 23.7 Å². The Morgan fingerprint density at radius 3 is 2.65 bits per heavy atom. The van der Waals surface area contributed by atoms with Crippen molar-refractivity contribution in [3.63, 3.8) is 0 Å². The molecule has 1 N–H and O–H groups in total. The lowest BCUT2D eigenvalue weighted by Gasteiger charge is -2.27. The molecule has 0 aromatic heterocycles. The van der Waals surface area contributed by atoms with Crippen LogP contribution in [0, 0.1) is 18.8 Å². The van der Waals surface area contributed by atoms with Crippen LogP contribution in [0.5, 0.6) is 0 Å². The molecule has 0 fully saturated rings. The van der Waals surface area contributed by atoms with Crippen molar-refractivity contribution in [3.8, 4) is 11.8 Å². The number of carbonyl (C=O) groups excluding carboxylic acids is 1. The van der Waals surface area contributed by atoms with Gasteiger partial charge in [0.1, 0.15) is 6.61 Å².